The van der Waals surface area contributed by atoms with Crippen LogP contribution in [0.25, 0.3) is 0 Å². The monoisotopic (exact) mass is 385 g/mol. The van der Waals surface area contributed by atoms with Gasteiger partial charge in [-0.15, -0.1) is 0 Å². The fourth-order valence-electron chi connectivity index (χ4n) is 3.81. The SMILES string of the molecule is CC(C)C1(C)/C=C\C(N2CCN(C3CCC(=O)NC3=O)C2=O)=C/C(C)(C)/C=C\1. The van der Waals surface area contributed by atoms with E-state index in [2.05, 4.69) is 64.2 Å². The largest absolute Gasteiger partial charge is 0.325 e. The highest BCUT2D eigenvalue weighted by Crippen LogP contribution is 2.37. The first-order chi connectivity index (χ1) is 13.0. The number of carbonyl (C=O) groups is 3. The molecule has 6 nitrogen and oxygen atoms in total. The number of urea groups is 1. The van der Waals surface area contributed by atoms with Crippen LogP contribution in [-0.4, -0.2) is 46.8 Å². The molecular weight excluding hydrogens is 354 g/mol. The van der Waals surface area contributed by atoms with Gasteiger partial charge in [0.25, 0.3) is 0 Å². The standard InChI is InChI=1S/C22H31N3O3/c1-15(2)22(5)9-8-16(14-21(3,4)10-11-22)24-12-13-25(20(24)28)17-6-7-18(26)23-19(17)27/h8-11,14-15,17H,6-7,12-13H2,1-5H3,(H,23,26,27)/b9-8-,11-10-,16-14+. The Morgan fingerprint density at radius 3 is 2.43 bits per heavy atom. The molecule has 0 aromatic carbocycles. The molecule has 2 aliphatic heterocycles. The molecule has 6 heteroatoms. The number of nitrogens with zero attached hydrogens (tertiary/aromatic N) is 2. The molecule has 2 atom stereocenters. The topological polar surface area (TPSA) is 69.7 Å². The molecule has 3 rings (SSSR count). The number of hydrogen-bond donors (Lipinski definition) is 1. The van der Waals surface area contributed by atoms with Gasteiger partial charge in [-0.1, -0.05) is 58.9 Å². The van der Waals surface area contributed by atoms with Crippen LogP contribution in [0.5, 0.6) is 0 Å². The summed E-state index contributed by atoms with van der Waals surface area (Å²) in [5, 5.41) is 2.35. The normalized spacial score (nSPS) is 34.6. The lowest BCUT2D eigenvalue weighted by molar-refractivity contribution is -0.136. The van der Waals surface area contributed by atoms with Crippen molar-refractivity contribution in [1.29, 1.82) is 0 Å². The molecule has 0 saturated carbocycles. The average Bonchev–Trinajstić information content (AvgIpc) is 2.97. The fraction of sp³-hybridized carbons (Fsp3) is 0.591. The fourth-order valence-corrected chi connectivity index (χ4v) is 3.81. The number of amides is 4. The summed E-state index contributed by atoms with van der Waals surface area (Å²) in [6, 6.07) is -0.737. The maximum atomic E-state index is 13.1. The van der Waals surface area contributed by atoms with E-state index in [1.54, 1.807) is 9.80 Å². The van der Waals surface area contributed by atoms with E-state index in [9.17, 15) is 14.4 Å². The number of piperidine rings is 1. The third-order valence-corrected chi connectivity index (χ3v) is 6.19. The molecule has 1 aliphatic carbocycles. The average molecular weight is 386 g/mol. The number of nitrogens with one attached hydrogen (secondary N) is 1. The van der Waals surface area contributed by atoms with Gasteiger partial charge in [0, 0.05) is 36.0 Å². The molecule has 1 N–H and O–H groups in total. The molecule has 0 radical (unpaired) electrons. The lowest BCUT2D eigenvalue weighted by Gasteiger charge is -2.32. The van der Waals surface area contributed by atoms with Gasteiger partial charge in [0.15, 0.2) is 0 Å². The maximum absolute atomic E-state index is 13.1. The molecule has 0 aromatic rings. The molecule has 2 heterocycles. The van der Waals surface area contributed by atoms with Gasteiger partial charge in [0.2, 0.25) is 11.8 Å². The zero-order valence-electron chi connectivity index (χ0n) is 17.5. The Hall–Kier alpha value is -2.37. The first-order valence-corrected chi connectivity index (χ1v) is 10.1. The van der Waals surface area contributed by atoms with Crippen molar-refractivity contribution in [1.82, 2.24) is 15.1 Å². The van der Waals surface area contributed by atoms with Crippen molar-refractivity contribution in [2.45, 2.75) is 53.5 Å². The third-order valence-electron chi connectivity index (χ3n) is 6.19. The van der Waals surface area contributed by atoms with Gasteiger partial charge in [0.1, 0.15) is 6.04 Å². The molecule has 0 bridgehead atoms. The molecule has 28 heavy (non-hydrogen) atoms. The van der Waals surface area contributed by atoms with Crippen molar-refractivity contribution in [3.63, 3.8) is 0 Å². The van der Waals surface area contributed by atoms with E-state index in [0.29, 0.717) is 25.4 Å². The van der Waals surface area contributed by atoms with Gasteiger partial charge in [-0.2, -0.15) is 0 Å². The van der Waals surface area contributed by atoms with Crippen LogP contribution in [-0.2, 0) is 9.59 Å². The zero-order valence-corrected chi connectivity index (χ0v) is 17.5. The minimum absolute atomic E-state index is 0.0944. The second-order valence-corrected chi connectivity index (χ2v) is 9.17. The summed E-state index contributed by atoms with van der Waals surface area (Å²) < 4.78 is 0. The van der Waals surface area contributed by atoms with Gasteiger partial charge < -0.3 is 4.90 Å². The highest BCUT2D eigenvalue weighted by atomic mass is 16.2. The van der Waals surface area contributed by atoms with Gasteiger partial charge in [0.05, 0.1) is 0 Å². The van der Waals surface area contributed by atoms with E-state index in [4.69, 9.17) is 0 Å². The van der Waals surface area contributed by atoms with Gasteiger partial charge in [-0.25, -0.2) is 4.79 Å². The van der Waals surface area contributed by atoms with Crippen LogP contribution in [0.4, 0.5) is 4.79 Å². The molecular formula is C22H31N3O3. The Labute approximate surface area is 167 Å². The number of hydrogen-bond acceptors (Lipinski definition) is 3. The number of rotatable bonds is 3. The van der Waals surface area contributed by atoms with Crippen LogP contribution in [0.3, 0.4) is 0 Å². The summed E-state index contributed by atoms with van der Waals surface area (Å²) in [4.78, 5) is 40.1. The van der Waals surface area contributed by atoms with Crippen LogP contribution in [0.1, 0.15) is 47.5 Å². The highest BCUT2D eigenvalue weighted by molar-refractivity contribution is 6.01. The van der Waals surface area contributed by atoms with Crippen LogP contribution in [0.15, 0.2) is 36.1 Å². The predicted octanol–water partition coefficient (Wildman–Crippen LogP) is 3.23. The zero-order chi connectivity index (χ0) is 20.7. The molecule has 3 aliphatic rings. The van der Waals surface area contributed by atoms with E-state index in [1.165, 1.54) is 0 Å². The molecule has 2 fully saturated rings. The Morgan fingerprint density at radius 2 is 1.79 bits per heavy atom. The van der Waals surface area contributed by atoms with E-state index in [0.717, 1.165) is 5.70 Å². The number of imide groups is 1. The van der Waals surface area contributed by atoms with Crippen LogP contribution >= 0.6 is 0 Å². The van der Waals surface area contributed by atoms with E-state index < -0.39 is 6.04 Å². The van der Waals surface area contributed by atoms with Crippen LogP contribution in [0, 0.1) is 16.7 Å². The maximum Gasteiger partial charge on any atom is 0.325 e. The van der Waals surface area contributed by atoms with E-state index in [-0.39, 0.29) is 35.1 Å². The van der Waals surface area contributed by atoms with Crippen molar-refractivity contribution >= 4 is 17.8 Å². The van der Waals surface area contributed by atoms with Crippen molar-refractivity contribution in [2.75, 3.05) is 13.1 Å². The Morgan fingerprint density at radius 1 is 1.07 bits per heavy atom. The van der Waals surface area contributed by atoms with Crippen molar-refractivity contribution < 1.29 is 14.4 Å². The minimum Gasteiger partial charge on any atom is -0.311 e. The summed E-state index contributed by atoms with van der Waals surface area (Å²) in [5.74, 6) is -0.217. The van der Waals surface area contributed by atoms with Crippen molar-refractivity contribution in [3.8, 4) is 0 Å². The number of carbonyl (C=O) groups excluding carboxylic acids is 3. The lowest BCUT2D eigenvalue weighted by atomic mass is 9.75. The summed E-state index contributed by atoms with van der Waals surface area (Å²) in [7, 11) is 0. The molecule has 0 aromatic heterocycles. The molecule has 2 unspecified atom stereocenters. The molecule has 4 amide bonds. The quantitative estimate of drug-likeness (QED) is 0.599. The van der Waals surface area contributed by atoms with E-state index in [1.807, 2.05) is 6.08 Å². The first-order valence-electron chi connectivity index (χ1n) is 10.1. The second-order valence-electron chi connectivity index (χ2n) is 9.17. The molecule has 2 saturated heterocycles. The summed E-state index contributed by atoms with van der Waals surface area (Å²) in [5.41, 5.74) is 0.572. The smallest absolute Gasteiger partial charge is 0.311 e. The van der Waals surface area contributed by atoms with Crippen molar-refractivity contribution in [2.24, 2.45) is 16.7 Å². The first kappa shape index (κ1) is 20.4. The second kappa shape index (κ2) is 7.22. The Balaban J connectivity index is 1.86. The van der Waals surface area contributed by atoms with Gasteiger partial charge in [-0.3, -0.25) is 19.8 Å². The lowest BCUT2D eigenvalue weighted by Crippen LogP contribution is -2.53. The molecule has 152 valence electrons. The van der Waals surface area contributed by atoms with Crippen molar-refractivity contribution in [3.05, 3.63) is 36.1 Å². The Kier molecular flexibility index (Phi) is 5.26. The van der Waals surface area contributed by atoms with E-state index >= 15 is 0 Å². The predicted molar refractivity (Wildman–Crippen MR) is 108 cm³/mol. The Bertz CT molecular complexity index is 778. The summed E-state index contributed by atoms with van der Waals surface area (Å²) >= 11 is 0. The highest BCUT2D eigenvalue weighted by Gasteiger charge is 2.41. The molecule has 0 spiro atoms. The van der Waals surface area contributed by atoms with Crippen LogP contribution < -0.4 is 5.32 Å². The van der Waals surface area contributed by atoms with Gasteiger partial charge in [-0.05, 0) is 18.4 Å². The number of allylic oxidation sites excluding steroid dienone is 5. The summed E-state index contributed by atoms with van der Waals surface area (Å²) in [6.07, 6.45) is 11.4. The summed E-state index contributed by atoms with van der Waals surface area (Å²) in [6.45, 7) is 11.9. The third kappa shape index (κ3) is 3.91. The van der Waals surface area contributed by atoms with Crippen LogP contribution in [0.2, 0.25) is 0 Å². The van der Waals surface area contributed by atoms with Gasteiger partial charge >= 0.3 is 6.03 Å². The minimum atomic E-state index is -0.567.